The van der Waals surface area contributed by atoms with E-state index < -0.39 is 5.97 Å². The summed E-state index contributed by atoms with van der Waals surface area (Å²) in [6, 6.07) is 4.46. The predicted molar refractivity (Wildman–Crippen MR) is 68.4 cm³/mol. The summed E-state index contributed by atoms with van der Waals surface area (Å²) in [5, 5.41) is 8.75. The Bertz CT molecular complexity index is 419. The van der Waals surface area contributed by atoms with Gasteiger partial charge in [-0.15, -0.1) is 0 Å². The van der Waals surface area contributed by atoms with Gasteiger partial charge >= 0.3 is 5.97 Å². The Labute approximate surface area is 103 Å². The molecule has 0 atom stereocenters. The lowest BCUT2D eigenvalue weighted by Crippen LogP contribution is -2.25. The third-order valence-electron chi connectivity index (χ3n) is 3.85. The van der Waals surface area contributed by atoms with Crippen LogP contribution in [0.4, 0.5) is 0 Å². The Hall–Kier alpha value is -1.31. The van der Waals surface area contributed by atoms with Crippen molar-refractivity contribution in [2.24, 2.45) is 5.92 Å². The van der Waals surface area contributed by atoms with Gasteiger partial charge in [-0.1, -0.05) is 17.7 Å². The van der Waals surface area contributed by atoms with Gasteiger partial charge in [-0.3, -0.25) is 4.79 Å². The Morgan fingerprint density at radius 1 is 1.24 bits per heavy atom. The largest absolute Gasteiger partial charge is 0.481 e. The maximum atomic E-state index is 10.6. The fourth-order valence-corrected chi connectivity index (χ4v) is 3.22. The SMILES string of the molecule is Cc1cc(C)c(C2CC(CC(=O)O)C2)c(C)c1. The van der Waals surface area contributed by atoms with E-state index in [1.54, 1.807) is 0 Å². The van der Waals surface area contributed by atoms with E-state index >= 15 is 0 Å². The second kappa shape index (κ2) is 4.52. The van der Waals surface area contributed by atoms with Gasteiger partial charge in [-0.2, -0.15) is 0 Å². The van der Waals surface area contributed by atoms with Crippen molar-refractivity contribution in [3.05, 3.63) is 34.4 Å². The van der Waals surface area contributed by atoms with Crippen LogP contribution in [0.25, 0.3) is 0 Å². The van der Waals surface area contributed by atoms with Gasteiger partial charge in [-0.05, 0) is 62.1 Å². The molecular formula is C15H20O2. The minimum atomic E-state index is -0.661. The molecule has 0 aromatic heterocycles. The molecule has 17 heavy (non-hydrogen) atoms. The van der Waals surface area contributed by atoms with Crippen LogP contribution in [0, 0.1) is 26.7 Å². The van der Waals surface area contributed by atoms with Gasteiger partial charge in [0, 0.05) is 6.42 Å². The third kappa shape index (κ3) is 2.51. The highest BCUT2D eigenvalue weighted by molar-refractivity contribution is 5.67. The first-order chi connectivity index (χ1) is 7.97. The molecule has 0 unspecified atom stereocenters. The fourth-order valence-electron chi connectivity index (χ4n) is 3.22. The van der Waals surface area contributed by atoms with Gasteiger partial charge in [0.25, 0.3) is 0 Å². The molecule has 0 radical (unpaired) electrons. The lowest BCUT2D eigenvalue weighted by Gasteiger charge is -2.36. The molecule has 1 aromatic rings. The first-order valence-corrected chi connectivity index (χ1v) is 6.27. The zero-order valence-corrected chi connectivity index (χ0v) is 10.8. The van der Waals surface area contributed by atoms with Crippen molar-refractivity contribution in [3.63, 3.8) is 0 Å². The van der Waals surface area contributed by atoms with Crippen molar-refractivity contribution in [1.82, 2.24) is 0 Å². The summed E-state index contributed by atoms with van der Waals surface area (Å²) in [6.07, 6.45) is 2.41. The van der Waals surface area contributed by atoms with Crippen LogP contribution >= 0.6 is 0 Å². The van der Waals surface area contributed by atoms with Gasteiger partial charge < -0.3 is 5.11 Å². The van der Waals surface area contributed by atoms with Crippen molar-refractivity contribution >= 4 is 5.97 Å². The lowest BCUT2D eigenvalue weighted by molar-refractivity contribution is -0.138. The summed E-state index contributed by atoms with van der Waals surface area (Å²) in [6.45, 7) is 6.46. The smallest absolute Gasteiger partial charge is 0.303 e. The van der Waals surface area contributed by atoms with E-state index in [4.69, 9.17) is 5.11 Å². The van der Waals surface area contributed by atoms with E-state index in [0.29, 0.717) is 18.3 Å². The molecule has 0 spiro atoms. The second-order valence-electron chi connectivity index (χ2n) is 5.44. The number of carboxylic acid groups (broad SMARTS) is 1. The molecule has 2 rings (SSSR count). The summed E-state index contributed by atoms with van der Waals surface area (Å²) < 4.78 is 0. The number of hydrogen-bond donors (Lipinski definition) is 1. The minimum absolute atomic E-state index is 0.334. The van der Waals surface area contributed by atoms with Crippen molar-refractivity contribution in [3.8, 4) is 0 Å². The maximum absolute atomic E-state index is 10.6. The second-order valence-corrected chi connectivity index (χ2v) is 5.44. The predicted octanol–water partition coefficient (Wildman–Crippen LogP) is 3.58. The number of aliphatic carboxylic acids is 1. The molecule has 0 amide bonds. The van der Waals surface area contributed by atoms with Crippen molar-refractivity contribution < 1.29 is 9.90 Å². The first kappa shape index (κ1) is 12.2. The topological polar surface area (TPSA) is 37.3 Å². The summed E-state index contributed by atoms with van der Waals surface area (Å²) >= 11 is 0. The van der Waals surface area contributed by atoms with Crippen LogP contribution in [0.2, 0.25) is 0 Å². The molecule has 2 heteroatoms. The average molecular weight is 232 g/mol. The molecule has 1 N–H and O–H groups in total. The Balaban J connectivity index is 2.09. The molecule has 0 aliphatic heterocycles. The zero-order chi connectivity index (χ0) is 12.6. The average Bonchev–Trinajstić information content (AvgIpc) is 2.11. The van der Waals surface area contributed by atoms with E-state index in [9.17, 15) is 4.79 Å². The zero-order valence-electron chi connectivity index (χ0n) is 10.8. The van der Waals surface area contributed by atoms with Gasteiger partial charge in [0.2, 0.25) is 0 Å². The number of carbonyl (C=O) groups is 1. The number of hydrogen-bond acceptors (Lipinski definition) is 1. The van der Waals surface area contributed by atoms with Crippen LogP contribution < -0.4 is 0 Å². The molecular weight excluding hydrogens is 212 g/mol. The number of benzene rings is 1. The number of rotatable bonds is 3. The molecule has 1 saturated carbocycles. The van der Waals surface area contributed by atoms with Crippen LogP contribution in [0.15, 0.2) is 12.1 Å². The summed E-state index contributed by atoms with van der Waals surface area (Å²) in [4.78, 5) is 10.6. The van der Waals surface area contributed by atoms with E-state index in [2.05, 4.69) is 32.9 Å². The maximum Gasteiger partial charge on any atom is 0.303 e. The highest BCUT2D eigenvalue weighted by Gasteiger charge is 2.33. The Morgan fingerprint density at radius 3 is 2.24 bits per heavy atom. The van der Waals surface area contributed by atoms with Crippen molar-refractivity contribution in [2.75, 3.05) is 0 Å². The standard InChI is InChI=1S/C15H20O2/c1-9-4-10(2)15(11(3)5-9)13-6-12(7-13)8-14(16)17/h4-5,12-13H,6-8H2,1-3H3,(H,16,17). The summed E-state index contributed by atoms with van der Waals surface area (Å²) in [5.74, 6) is 0.309. The minimum Gasteiger partial charge on any atom is -0.481 e. The number of aryl methyl sites for hydroxylation is 3. The highest BCUT2D eigenvalue weighted by atomic mass is 16.4. The number of carboxylic acids is 1. The Morgan fingerprint density at radius 2 is 1.76 bits per heavy atom. The van der Waals surface area contributed by atoms with Crippen LogP contribution in [-0.4, -0.2) is 11.1 Å². The van der Waals surface area contributed by atoms with Crippen LogP contribution in [0.3, 0.4) is 0 Å². The van der Waals surface area contributed by atoms with E-state index in [-0.39, 0.29) is 0 Å². The summed E-state index contributed by atoms with van der Waals surface area (Å²) in [7, 11) is 0. The fraction of sp³-hybridized carbons (Fsp3) is 0.533. The van der Waals surface area contributed by atoms with Crippen LogP contribution in [0.1, 0.15) is 47.4 Å². The lowest BCUT2D eigenvalue weighted by atomic mass is 9.68. The van der Waals surface area contributed by atoms with E-state index in [1.165, 1.54) is 22.3 Å². The molecule has 0 bridgehead atoms. The molecule has 0 saturated heterocycles. The molecule has 2 nitrogen and oxygen atoms in total. The third-order valence-corrected chi connectivity index (χ3v) is 3.85. The molecule has 1 aliphatic rings. The van der Waals surface area contributed by atoms with Gasteiger partial charge in [0.15, 0.2) is 0 Å². The van der Waals surface area contributed by atoms with E-state index in [1.807, 2.05) is 0 Å². The molecule has 1 aliphatic carbocycles. The normalized spacial score (nSPS) is 23.2. The van der Waals surface area contributed by atoms with Gasteiger partial charge in [0.05, 0.1) is 0 Å². The molecule has 0 heterocycles. The van der Waals surface area contributed by atoms with Crippen molar-refractivity contribution in [2.45, 2.75) is 46.0 Å². The molecule has 1 aromatic carbocycles. The monoisotopic (exact) mass is 232 g/mol. The van der Waals surface area contributed by atoms with Gasteiger partial charge in [0.1, 0.15) is 0 Å². The van der Waals surface area contributed by atoms with E-state index in [0.717, 1.165) is 12.8 Å². The summed E-state index contributed by atoms with van der Waals surface area (Å²) in [5.41, 5.74) is 5.49. The van der Waals surface area contributed by atoms with Crippen LogP contribution in [0.5, 0.6) is 0 Å². The first-order valence-electron chi connectivity index (χ1n) is 6.27. The molecule has 1 fully saturated rings. The highest BCUT2D eigenvalue weighted by Crippen LogP contribution is 2.45. The quantitative estimate of drug-likeness (QED) is 0.864. The molecule has 92 valence electrons. The van der Waals surface area contributed by atoms with Gasteiger partial charge in [-0.25, -0.2) is 0 Å². The Kier molecular flexibility index (Phi) is 3.23. The van der Waals surface area contributed by atoms with Crippen LogP contribution in [-0.2, 0) is 4.79 Å². The van der Waals surface area contributed by atoms with Crippen molar-refractivity contribution in [1.29, 1.82) is 0 Å².